The number of hydrogen-bond acceptors (Lipinski definition) is 5. The number of aromatic nitrogens is 3. The molecule has 0 unspecified atom stereocenters. The lowest BCUT2D eigenvalue weighted by molar-refractivity contribution is -0.131. The van der Waals surface area contributed by atoms with E-state index in [1.807, 2.05) is 16.9 Å². The summed E-state index contributed by atoms with van der Waals surface area (Å²) in [4.78, 5) is 29.8. The molecule has 2 aromatic heterocycles. The van der Waals surface area contributed by atoms with Crippen LogP contribution in [0.2, 0.25) is 5.02 Å². The van der Waals surface area contributed by atoms with Crippen LogP contribution in [-0.2, 0) is 27.3 Å². The molecule has 3 atom stereocenters. The van der Waals surface area contributed by atoms with E-state index in [9.17, 15) is 9.59 Å². The molecule has 2 fully saturated rings. The first-order valence-electron chi connectivity index (χ1n) is 12.0. The van der Waals surface area contributed by atoms with Gasteiger partial charge in [0.2, 0.25) is 11.8 Å². The van der Waals surface area contributed by atoms with E-state index in [4.69, 9.17) is 16.3 Å². The van der Waals surface area contributed by atoms with Gasteiger partial charge in [0.1, 0.15) is 11.9 Å². The topological polar surface area (TPSA) is 98.1 Å². The quantitative estimate of drug-likeness (QED) is 0.692. The van der Waals surface area contributed by atoms with E-state index in [0.29, 0.717) is 23.9 Å². The van der Waals surface area contributed by atoms with Gasteiger partial charge in [-0.1, -0.05) is 18.0 Å². The number of anilines is 1. The Morgan fingerprint density at radius 1 is 1.06 bits per heavy atom. The van der Waals surface area contributed by atoms with E-state index in [-0.39, 0.29) is 29.9 Å². The van der Waals surface area contributed by atoms with Gasteiger partial charge in [-0.05, 0) is 57.4 Å². The second-order valence-corrected chi connectivity index (χ2v) is 9.70. The maximum Gasteiger partial charge on any atom is 0.249 e. The van der Waals surface area contributed by atoms with Crippen molar-refractivity contribution in [2.45, 2.75) is 76.5 Å². The molecule has 4 heterocycles. The SMILES string of the molecule is O=C(Nc1cc(-c2cnn3c2CCCC3)c(Cl)cn1)[C@H]1CCC[C@@H](NC(=O)[C@@H]2CCCO2)C1. The van der Waals surface area contributed by atoms with Crippen molar-refractivity contribution < 1.29 is 14.3 Å². The Morgan fingerprint density at radius 2 is 1.97 bits per heavy atom. The highest BCUT2D eigenvalue weighted by atomic mass is 35.5. The molecule has 2 aliphatic heterocycles. The number of carbonyl (C=O) groups is 2. The summed E-state index contributed by atoms with van der Waals surface area (Å²) in [5.74, 6) is 0.204. The number of aryl methyl sites for hydroxylation is 1. The Hall–Kier alpha value is -2.45. The third-order valence-electron chi connectivity index (χ3n) is 6.99. The van der Waals surface area contributed by atoms with Gasteiger partial charge in [0.05, 0.1) is 11.2 Å². The maximum atomic E-state index is 13.0. The third kappa shape index (κ3) is 4.92. The number of hydrogen-bond donors (Lipinski definition) is 2. The molecule has 176 valence electrons. The Kier molecular flexibility index (Phi) is 6.64. The van der Waals surface area contributed by atoms with Crippen LogP contribution in [0.3, 0.4) is 0 Å². The summed E-state index contributed by atoms with van der Waals surface area (Å²) in [7, 11) is 0. The second kappa shape index (κ2) is 9.81. The molecular formula is C24H30ClN5O3. The monoisotopic (exact) mass is 471 g/mol. The van der Waals surface area contributed by atoms with Crippen molar-refractivity contribution in [1.29, 1.82) is 0 Å². The van der Waals surface area contributed by atoms with Crippen LogP contribution in [0, 0.1) is 5.92 Å². The number of rotatable bonds is 5. The number of amides is 2. The smallest absolute Gasteiger partial charge is 0.249 e. The zero-order chi connectivity index (χ0) is 22.8. The summed E-state index contributed by atoms with van der Waals surface area (Å²) in [6, 6.07) is 1.84. The Balaban J connectivity index is 1.24. The Morgan fingerprint density at radius 3 is 2.82 bits per heavy atom. The molecular weight excluding hydrogens is 442 g/mol. The Labute approximate surface area is 198 Å². The van der Waals surface area contributed by atoms with Crippen molar-refractivity contribution in [3.8, 4) is 11.1 Å². The van der Waals surface area contributed by atoms with Gasteiger partial charge in [-0.25, -0.2) is 4.98 Å². The number of carbonyl (C=O) groups excluding carboxylic acids is 2. The first-order chi connectivity index (χ1) is 16.1. The zero-order valence-corrected chi connectivity index (χ0v) is 19.4. The number of ether oxygens (including phenoxy) is 1. The molecule has 0 radical (unpaired) electrons. The van der Waals surface area contributed by atoms with Gasteiger partial charge in [0, 0.05) is 48.1 Å². The fourth-order valence-corrected chi connectivity index (χ4v) is 5.43. The van der Waals surface area contributed by atoms with Gasteiger partial charge >= 0.3 is 0 Å². The van der Waals surface area contributed by atoms with Gasteiger partial charge in [-0.2, -0.15) is 5.10 Å². The van der Waals surface area contributed by atoms with Gasteiger partial charge in [0.25, 0.3) is 0 Å². The minimum Gasteiger partial charge on any atom is -0.368 e. The molecule has 2 N–H and O–H groups in total. The van der Waals surface area contributed by atoms with Crippen molar-refractivity contribution in [3.05, 3.63) is 29.2 Å². The van der Waals surface area contributed by atoms with Crippen LogP contribution in [0.5, 0.6) is 0 Å². The van der Waals surface area contributed by atoms with Crippen LogP contribution >= 0.6 is 11.6 Å². The number of nitrogens with zero attached hydrogens (tertiary/aromatic N) is 3. The number of fused-ring (bicyclic) bond motifs is 1. The van der Waals surface area contributed by atoms with Gasteiger partial charge in [0.15, 0.2) is 0 Å². The van der Waals surface area contributed by atoms with E-state index in [2.05, 4.69) is 20.7 Å². The molecule has 9 heteroatoms. The fraction of sp³-hybridized carbons (Fsp3) is 0.583. The van der Waals surface area contributed by atoms with Crippen molar-refractivity contribution >= 4 is 29.2 Å². The lowest BCUT2D eigenvalue weighted by atomic mass is 9.85. The van der Waals surface area contributed by atoms with Gasteiger partial charge < -0.3 is 15.4 Å². The molecule has 0 bridgehead atoms. The largest absolute Gasteiger partial charge is 0.368 e. The van der Waals surface area contributed by atoms with Crippen LogP contribution in [0.25, 0.3) is 11.1 Å². The highest BCUT2D eigenvalue weighted by Crippen LogP contribution is 2.34. The van der Waals surface area contributed by atoms with Crippen LogP contribution in [0.1, 0.15) is 57.1 Å². The molecule has 2 amide bonds. The maximum absolute atomic E-state index is 13.0. The van der Waals surface area contributed by atoms with Crippen molar-refractivity contribution in [2.24, 2.45) is 5.92 Å². The molecule has 0 aromatic carbocycles. The van der Waals surface area contributed by atoms with E-state index >= 15 is 0 Å². The van der Waals surface area contributed by atoms with Crippen LogP contribution in [0.4, 0.5) is 5.82 Å². The molecule has 1 saturated heterocycles. The number of halogens is 1. The third-order valence-corrected chi connectivity index (χ3v) is 7.29. The number of nitrogens with one attached hydrogen (secondary N) is 2. The van der Waals surface area contributed by atoms with E-state index in [1.54, 1.807) is 6.20 Å². The Bertz CT molecular complexity index is 1030. The molecule has 0 spiro atoms. The van der Waals surface area contributed by atoms with Crippen LogP contribution in [-0.4, -0.2) is 45.3 Å². The summed E-state index contributed by atoms with van der Waals surface area (Å²) >= 11 is 6.47. The predicted octanol–water partition coefficient (Wildman–Crippen LogP) is 3.73. The molecule has 5 rings (SSSR count). The van der Waals surface area contributed by atoms with E-state index < -0.39 is 0 Å². The average Bonchev–Trinajstić information content (AvgIpc) is 3.51. The first-order valence-corrected chi connectivity index (χ1v) is 12.4. The van der Waals surface area contributed by atoms with E-state index in [1.165, 1.54) is 5.69 Å². The summed E-state index contributed by atoms with van der Waals surface area (Å²) in [5.41, 5.74) is 3.03. The normalized spacial score (nSPS) is 24.8. The van der Waals surface area contributed by atoms with Crippen molar-refractivity contribution in [2.75, 3.05) is 11.9 Å². The van der Waals surface area contributed by atoms with Crippen molar-refractivity contribution in [1.82, 2.24) is 20.1 Å². The summed E-state index contributed by atoms with van der Waals surface area (Å²) in [6.45, 7) is 1.57. The summed E-state index contributed by atoms with van der Waals surface area (Å²) in [6.07, 6.45) is 11.3. The van der Waals surface area contributed by atoms with E-state index in [0.717, 1.165) is 69.0 Å². The average molecular weight is 472 g/mol. The molecule has 33 heavy (non-hydrogen) atoms. The minimum absolute atomic E-state index is 0.00104. The van der Waals surface area contributed by atoms with Crippen LogP contribution in [0.15, 0.2) is 18.5 Å². The zero-order valence-electron chi connectivity index (χ0n) is 18.7. The number of pyridine rings is 1. The molecule has 2 aromatic rings. The predicted molar refractivity (Wildman–Crippen MR) is 125 cm³/mol. The van der Waals surface area contributed by atoms with Gasteiger partial charge in [-0.15, -0.1) is 0 Å². The highest BCUT2D eigenvalue weighted by molar-refractivity contribution is 6.33. The lowest BCUT2D eigenvalue weighted by Crippen LogP contribution is -2.44. The summed E-state index contributed by atoms with van der Waals surface area (Å²) in [5, 5.41) is 11.1. The van der Waals surface area contributed by atoms with Crippen molar-refractivity contribution in [3.63, 3.8) is 0 Å². The molecule has 8 nitrogen and oxygen atoms in total. The van der Waals surface area contributed by atoms with Gasteiger partial charge in [-0.3, -0.25) is 14.3 Å². The summed E-state index contributed by atoms with van der Waals surface area (Å²) < 4.78 is 7.52. The standard InChI is InChI=1S/C24H30ClN5O3/c25-19-14-26-22(12-17(19)18-13-27-30-9-2-1-7-20(18)30)29-23(31)15-5-3-6-16(11-15)28-24(32)21-8-4-10-33-21/h12-16,21H,1-11H2,(H,28,32)(H,26,29,31)/t15-,16+,21-/m0/s1. The second-order valence-electron chi connectivity index (χ2n) is 9.29. The highest BCUT2D eigenvalue weighted by Gasteiger charge is 2.31. The molecule has 1 saturated carbocycles. The molecule has 1 aliphatic carbocycles. The van der Waals surface area contributed by atoms with Crippen LogP contribution < -0.4 is 10.6 Å². The first kappa shape index (κ1) is 22.3. The lowest BCUT2D eigenvalue weighted by Gasteiger charge is -2.29. The fourth-order valence-electron chi connectivity index (χ4n) is 5.23. The minimum atomic E-state index is -0.342. The molecule has 3 aliphatic rings.